The molecule has 3 aliphatic rings. The molecule has 3 heterocycles. The van der Waals surface area contributed by atoms with Gasteiger partial charge in [-0.15, -0.1) is 12.4 Å². The predicted octanol–water partition coefficient (Wildman–Crippen LogP) is -0.437. The van der Waals surface area contributed by atoms with Gasteiger partial charge in [0, 0.05) is 38.6 Å². The van der Waals surface area contributed by atoms with E-state index in [1.807, 2.05) is 0 Å². The summed E-state index contributed by atoms with van der Waals surface area (Å²) in [6.07, 6.45) is 0.444. The maximum atomic E-state index is 13.2. The molecule has 0 aromatic carbocycles. The van der Waals surface area contributed by atoms with E-state index < -0.39 is 41.0 Å². The number of ether oxygens (including phenoxy) is 1. The number of piperidine rings is 1. The van der Waals surface area contributed by atoms with Gasteiger partial charge in [0.25, 0.3) is 16.1 Å². The van der Waals surface area contributed by atoms with Crippen molar-refractivity contribution >= 4 is 28.5 Å². The van der Waals surface area contributed by atoms with Crippen molar-refractivity contribution in [2.45, 2.75) is 37.3 Å². The summed E-state index contributed by atoms with van der Waals surface area (Å²) in [5, 5.41) is 5.29. The molecule has 3 rings (SSSR count). The van der Waals surface area contributed by atoms with Gasteiger partial charge in [-0.3, -0.25) is 10.1 Å². The summed E-state index contributed by atoms with van der Waals surface area (Å²) < 4.78 is 59.5. The van der Waals surface area contributed by atoms with E-state index in [0.29, 0.717) is 52.2 Å². The standard InChI is InChI=1S/C14H24F2N4O4S.ClH/c15-14(16)9-12(17-10-14)13(21)18-11-1-3-19(4-2-11)25(22,23)20-5-7-24-8-6-20;/h11-12,17H,1-10H2,(H,18,21);1H. The second kappa shape index (κ2) is 8.61. The number of amides is 1. The summed E-state index contributed by atoms with van der Waals surface area (Å²) >= 11 is 0. The molecular formula is C14H25ClF2N4O4S. The fourth-order valence-electron chi connectivity index (χ4n) is 3.37. The first-order chi connectivity index (χ1) is 11.8. The topological polar surface area (TPSA) is 91.0 Å². The van der Waals surface area contributed by atoms with Crippen LogP contribution in [0.15, 0.2) is 0 Å². The van der Waals surface area contributed by atoms with Crippen LogP contribution in [0.2, 0.25) is 0 Å². The highest BCUT2D eigenvalue weighted by atomic mass is 35.5. The molecule has 26 heavy (non-hydrogen) atoms. The number of carbonyl (C=O) groups excluding carboxylic acids is 1. The number of nitrogens with zero attached hydrogens (tertiary/aromatic N) is 2. The lowest BCUT2D eigenvalue weighted by Crippen LogP contribution is -2.54. The molecule has 2 N–H and O–H groups in total. The van der Waals surface area contributed by atoms with Crippen molar-refractivity contribution in [3.8, 4) is 0 Å². The monoisotopic (exact) mass is 418 g/mol. The highest BCUT2D eigenvalue weighted by Crippen LogP contribution is 2.25. The number of nitrogens with one attached hydrogen (secondary N) is 2. The fourth-order valence-corrected chi connectivity index (χ4v) is 4.98. The van der Waals surface area contributed by atoms with Crippen molar-refractivity contribution in [3.05, 3.63) is 0 Å². The third-order valence-corrected chi connectivity index (χ3v) is 6.88. The Labute approximate surface area is 158 Å². The molecule has 0 aromatic heterocycles. The van der Waals surface area contributed by atoms with E-state index in [1.165, 1.54) is 8.61 Å². The van der Waals surface area contributed by atoms with Crippen LogP contribution in [0.3, 0.4) is 0 Å². The lowest BCUT2D eigenvalue weighted by molar-refractivity contribution is -0.124. The molecule has 0 aliphatic carbocycles. The first kappa shape index (κ1) is 21.7. The second-order valence-corrected chi connectivity index (χ2v) is 8.62. The van der Waals surface area contributed by atoms with Gasteiger partial charge in [-0.25, -0.2) is 8.78 Å². The lowest BCUT2D eigenvalue weighted by Gasteiger charge is -2.36. The van der Waals surface area contributed by atoms with Crippen LogP contribution in [0.4, 0.5) is 8.78 Å². The number of rotatable bonds is 4. The maximum Gasteiger partial charge on any atom is 0.282 e. The van der Waals surface area contributed by atoms with Crippen LogP contribution in [0, 0.1) is 0 Å². The first-order valence-electron chi connectivity index (χ1n) is 8.52. The van der Waals surface area contributed by atoms with Gasteiger partial charge >= 0.3 is 0 Å². The van der Waals surface area contributed by atoms with Gasteiger partial charge in [0.15, 0.2) is 0 Å². The Hall–Kier alpha value is -0.590. The maximum absolute atomic E-state index is 13.2. The summed E-state index contributed by atoms with van der Waals surface area (Å²) in [6.45, 7) is 1.61. The molecule has 8 nitrogen and oxygen atoms in total. The van der Waals surface area contributed by atoms with Crippen molar-refractivity contribution in [2.75, 3.05) is 45.9 Å². The number of halogens is 3. The number of hydrogen-bond acceptors (Lipinski definition) is 5. The summed E-state index contributed by atoms with van der Waals surface area (Å²) in [5.74, 6) is -3.29. The van der Waals surface area contributed by atoms with E-state index in [9.17, 15) is 22.0 Å². The quantitative estimate of drug-likeness (QED) is 0.646. The minimum atomic E-state index is -3.51. The zero-order valence-electron chi connectivity index (χ0n) is 14.3. The van der Waals surface area contributed by atoms with Gasteiger partial charge in [0.05, 0.1) is 25.8 Å². The average Bonchev–Trinajstić information content (AvgIpc) is 2.96. The normalized spacial score (nSPS) is 28.5. The summed E-state index contributed by atoms with van der Waals surface area (Å²) in [7, 11) is -3.51. The molecule has 3 aliphatic heterocycles. The van der Waals surface area contributed by atoms with E-state index in [4.69, 9.17) is 4.74 Å². The Morgan fingerprint density at radius 3 is 2.23 bits per heavy atom. The Bertz CT molecular complexity index is 596. The minimum absolute atomic E-state index is 0. The largest absolute Gasteiger partial charge is 0.379 e. The molecule has 152 valence electrons. The van der Waals surface area contributed by atoms with Gasteiger partial charge in [-0.05, 0) is 12.8 Å². The molecule has 12 heteroatoms. The molecule has 0 radical (unpaired) electrons. The van der Waals surface area contributed by atoms with Crippen LogP contribution < -0.4 is 10.6 Å². The zero-order valence-corrected chi connectivity index (χ0v) is 16.0. The van der Waals surface area contributed by atoms with Gasteiger partial charge in [-0.2, -0.15) is 17.0 Å². The minimum Gasteiger partial charge on any atom is -0.379 e. The molecular weight excluding hydrogens is 394 g/mol. The Kier molecular flexibility index (Phi) is 7.19. The Morgan fingerprint density at radius 2 is 1.69 bits per heavy atom. The van der Waals surface area contributed by atoms with Crippen molar-refractivity contribution in [1.29, 1.82) is 0 Å². The highest BCUT2D eigenvalue weighted by Gasteiger charge is 2.43. The van der Waals surface area contributed by atoms with Crippen LogP contribution in [0.5, 0.6) is 0 Å². The van der Waals surface area contributed by atoms with Gasteiger partial charge in [0.2, 0.25) is 5.91 Å². The fraction of sp³-hybridized carbons (Fsp3) is 0.929. The highest BCUT2D eigenvalue weighted by molar-refractivity contribution is 7.86. The van der Waals surface area contributed by atoms with Crippen LogP contribution in [-0.2, 0) is 19.7 Å². The van der Waals surface area contributed by atoms with E-state index in [0.717, 1.165) is 0 Å². The SMILES string of the molecule is Cl.O=C(NC1CCN(S(=O)(=O)N2CCOCC2)CC1)C1CC(F)(F)CN1. The van der Waals surface area contributed by atoms with Gasteiger partial charge in [-0.1, -0.05) is 0 Å². The third-order valence-electron chi connectivity index (χ3n) is 4.85. The molecule has 1 unspecified atom stereocenters. The average molecular weight is 419 g/mol. The summed E-state index contributed by atoms with van der Waals surface area (Å²) in [4.78, 5) is 12.1. The number of hydrogen-bond donors (Lipinski definition) is 2. The van der Waals surface area contributed by atoms with Gasteiger partial charge in [0.1, 0.15) is 0 Å². The number of carbonyl (C=O) groups is 1. The molecule has 0 aromatic rings. The number of morpholine rings is 1. The second-order valence-electron chi connectivity index (χ2n) is 6.69. The molecule has 0 saturated carbocycles. The Morgan fingerprint density at radius 1 is 1.12 bits per heavy atom. The molecule has 1 atom stereocenters. The lowest BCUT2D eigenvalue weighted by atomic mass is 10.1. The third kappa shape index (κ3) is 5.02. The summed E-state index contributed by atoms with van der Waals surface area (Å²) in [5.41, 5.74) is 0. The molecule has 0 bridgehead atoms. The molecule has 3 saturated heterocycles. The van der Waals surface area contributed by atoms with E-state index in [1.54, 1.807) is 0 Å². The van der Waals surface area contributed by atoms with Crippen LogP contribution in [0.25, 0.3) is 0 Å². The van der Waals surface area contributed by atoms with Crippen LogP contribution >= 0.6 is 12.4 Å². The van der Waals surface area contributed by atoms with Crippen molar-refractivity contribution in [3.63, 3.8) is 0 Å². The smallest absolute Gasteiger partial charge is 0.282 e. The van der Waals surface area contributed by atoms with Gasteiger partial charge < -0.3 is 10.1 Å². The van der Waals surface area contributed by atoms with E-state index in [2.05, 4.69) is 10.6 Å². The van der Waals surface area contributed by atoms with Crippen LogP contribution in [0.1, 0.15) is 19.3 Å². The van der Waals surface area contributed by atoms with Crippen molar-refractivity contribution in [1.82, 2.24) is 19.2 Å². The number of alkyl halides is 2. The molecule has 0 spiro atoms. The van der Waals surface area contributed by atoms with E-state index >= 15 is 0 Å². The van der Waals surface area contributed by atoms with E-state index in [-0.39, 0.29) is 18.4 Å². The first-order valence-corrected chi connectivity index (χ1v) is 9.92. The van der Waals surface area contributed by atoms with Crippen molar-refractivity contribution < 1.29 is 26.7 Å². The predicted molar refractivity (Wildman–Crippen MR) is 92.7 cm³/mol. The van der Waals surface area contributed by atoms with Crippen molar-refractivity contribution in [2.24, 2.45) is 0 Å². The zero-order chi connectivity index (χ0) is 18.1. The van der Waals surface area contributed by atoms with Crippen LogP contribution in [-0.4, -0.2) is 86.9 Å². The summed E-state index contributed by atoms with van der Waals surface area (Å²) in [6, 6.07) is -1.08. The Balaban J connectivity index is 0.00000243. The molecule has 3 fully saturated rings. The molecule has 1 amide bonds.